The molecule has 2 amide bonds. The molecule has 5 aromatic rings. The van der Waals surface area contributed by atoms with Gasteiger partial charge in [-0.15, -0.1) is 10.2 Å². The van der Waals surface area contributed by atoms with E-state index in [1.54, 1.807) is 28.8 Å². The molecule has 4 heterocycles. The van der Waals surface area contributed by atoms with E-state index in [1.165, 1.54) is 16.2 Å². The number of aryl methyl sites for hydroxylation is 2. The Kier molecular flexibility index (Phi) is 4.99. The lowest BCUT2D eigenvalue weighted by atomic mass is 10.1. The second-order valence-corrected chi connectivity index (χ2v) is 9.42. The number of nitrogens with zero attached hydrogens (tertiary/aromatic N) is 5. The first-order chi connectivity index (χ1) is 16.6. The molecule has 3 aromatic heterocycles. The van der Waals surface area contributed by atoms with E-state index >= 15 is 0 Å². The molecule has 0 radical (unpaired) electrons. The molecule has 2 aromatic carbocycles. The van der Waals surface area contributed by atoms with E-state index in [-0.39, 0.29) is 11.8 Å². The lowest BCUT2D eigenvalue weighted by Crippen LogP contribution is -2.30. The maximum Gasteiger partial charge on any atom is 0.261 e. The number of aromatic nitrogens is 4. The quantitative estimate of drug-likeness (QED) is 0.247. The number of imide groups is 1. The molecule has 1 aliphatic heterocycles. The molecule has 0 atom stereocenters. The third kappa shape index (κ3) is 3.31. The number of benzene rings is 2. The Hall–Kier alpha value is -3.85. The molecule has 1 aliphatic rings. The summed E-state index contributed by atoms with van der Waals surface area (Å²) in [5.41, 5.74) is 2.85. The number of fused-ring (bicyclic) bond motifs is 3. The molecule has 34 heavy (non-hydrogen) atoms. The monoisotopic (exact) mass is 471 g/mol. The molecule has 0 unspecified atom stereocenters. The van der Waals surface area contributed by atoms with Gasteiger partial charge in [0, 0.05) is 23.9 Å². The van der Waals surface area contributed by atoms with Crippen molar-refractivity contribution in [3.05, 3.63) is 70.2 Å². The minimum absolute atomic E-state index is 0.192. The van der Waals surface area contributed by atoms with Crippen LogP contribution in [-0.4, -0.2) is 43.1 Å². The number of rotatable bonds is 7. The number of carbonyl (C=O) groups is 2. The fraction of sp³-hybridized carbons (Fsp3) is 0.240. The van der Waals surface area contributed by atoms with Crippen molar-refractivity contribution in [2.75, 3.05) is 6.54 Å². The standard InChI is InChI=1S/C25H21N5O3S/c1-15-16-9-6-7-12-19(16)33-21(15)22-26-27-25-30(22)28-20(34-25)13-3-2-8-14-29-23(31)17-10-4-5-11-18(17)24(29)32/h4-7,9-12H,2-3,8,13-14H2,1H3. The van der Waals surface area contributed by atoms with Gasteiger partial charge in [0.25, 0.3) is 11.8 Å². The molecule has 9 heteroatoms. The Bertz CT molecular complexity index is 1530. The molecule has 6 rings (SSSR count). The highest BCUT2D eigenvalue weighted by molar-refractivity contribution is 7.16. The van der Waals surface area contributed by atoms with Gasteiger partial charge in [0.1, 0.15) is 10.6 Å². The van der Waals surface area contributed by atoms with Crippen molar-refractivity contribution in [2.45, 2.75) is 32.6 Å². The van der Waals surface area contributed by atoms with Crippen LogP contribution in [0.4, 0.5) is 0 Å². The zero-order valence-electron chi connectivity index (χ0n) is 18.5. The van der Waals surface area contributed by atoms with Gasteiger partial charge in [0.2, 0.25) is 10.8 Å². The molecule has 0 spiro atoms. The second kappa shape index (κ2) is 8.18. The maximum atomic E-state index is 12.5. The van der Waals surface area contributed by atoms with Gasteiger partial charge in [-0.05, 0) is 38.0 Å². The number of carbonyl (C=O) groups excluding carboxylic acids is 2. The van der Waals surface area contributed by atoms with Gasteiger partial charge in [0.05, 0.1) is 11.1 Å². The summed E-state index contributed by atoms with van der Waals surface area (Å²) in [4.78, 5) is 27.0. The molecule has 0 aliphatic carbocycles. The number of hydrogen-bond acceptors (Lipinski definition) is 7. The van der Waals surface area contributed by atoms with Gasteiger partial charge in [-0.3, -0.25) is 14.5 Å². The van der Waals surface area contributed by atoms with Crippen molar-refractivity contribution in [3.63, 3.8) is 0 Å². The van der Waals surface area contributed by atoms with Crippen LogP contribution in [0.1, 0.15) is 50.5 Å². The van der Waals surface area contributed by atoms with Crippen LogP contribution in [0.3, 0.4) is 0 Å². The van der Waals surface area contributed by atoms with Crippen molar-refractivity contribution in [3.8, 4) is 11.6 Å². The van der Waals surface area contributed by atoms with Gasteiger partial charge < -0.3 is 4.42 Å². The van der Waals surface area contributed by atoms with E-state index < -0.39 is 0 Å². The maximum absolute atomic E-state index is 12.5. The van der Waals surface area contributed by atoms with Gasteiger partial charge in [0.15, 0.2) is 5.76 Å². The van der Waals surface area contributed by atoms with Gasteiger partial charge in [-0.2, -0.15) is 9.61 Å². The Balaban J connectivity index is 1.09. The van der Waals surface area contributed by atoms with Gasteiger partial charge in [-0.1, -0.05) is 48.1 Å². The van der Waals surface area contributed by atoms with Crippen molar-refractivity contribution in [2.24, 2.45) is 0 Å². The first kappa shape index (κ1) is 20.7. The van der Waals surface area contributed by atoms with E-state index in [1.807, 2.05) is 31.2 Å². The van der Waals surface area contributed by atoms with Crippen LogP contribution < -0.4 is 0 Å². The van der Waals surface area contributed by atoms with Crippen LogP contribution in [0.2, 0.25) is 0 Å². The van der Waals surface area contributed by atoms with Gasteiger partial charge >= 0.3 is 0 Å². The average molecular weight is 472 g/mol. The molecule has 0 bridgehead atoms. The zero-order valence-corrected chi connectivity index (χ0v) is 19.3. The fourth-order valence-corrected chi connectivity index (χ4v) is 5.33. The predicted octanol–water partition coefficient (Wildman–Crippen LogP) is 4.92. The Morgan fingerprint density at radius 2 is 1.65 bits per heavy atom. The summed E-state index contributed by atoms with van der Waals surface area (Å²) < 4.78 is 7.80. The number of para-hydroxylation sites is 1. The predicted molar refractivity (Wildman–Crippen MR) is 128 cm³/mol. The van der Waals surface area contributed by atoms with Gasteiger partial charge in [-0.25, -0.2) is 0 Å². The molecule has 0 saturated carbocycles. The highest BCUT2D eigenvalue weighted by atomic mass is 32.1. The number of hydrogen-bond donors (Lipinski definition) is 0. The van der Waals surface area contributed by atoms with Crippen LogP contribution in [0.15, 0.2) is 52.9 Å². The van der Waals surface area contributed by atoms with Crippen molar-refractivity contribution in [1.29, 1.82) is 0 Å². The molecule has 8 nitrogen and oxygen atoms in total. The average Bonchev–Trinajstić information content (AvgIpc) is 3.58. The summed E-state index contributed by atoms with van der Waals surface area (Å²) in [5.74, 6) is 0.911. The minimum atomic E-state index is -0.192. The molecular weight excluding hydrogens is 450 g/mol. The minimum Gasteiger partial charge on any atom is -0.452 e. The molecule has 170 valence electrons. The molecule has 0 fully saturated rings. The first-order valence-corrected chi connectivity index (χ1v) is 12.1. The Morgan fingerprint density at radius 1 is 0.912 bits per heavy atom. The summed E-state index contributed by atoms with van der Waals surface area (Å²) >= 11 is 1.52. The van der Waals surface area contributed by atoms with E-state index in [4.69, 9.17) is 9.52 Å². The third-order valence-electron chi connectivity index (χ3n) is 6.23. The lowest BCUT2D eigenvalue weighted by Gasteiger charge is -2.13. The number of unbranched alkanes of at least 4 members (excludes halogenated alkanes) is 2. The Morgan fingerprint density at radius 3 is 2.41 bits per heavy atom. The number of amides is 2. The summed E-state index contributed by atoms with van der Waals surface area (Å²) in [6.07, 6.45) is 3.36. The molecule has 0 N–H and O–H groups in total. The van der Waals surface area contributed by atoms with Crippen LogP contribution in [0, 0.1) is 6.92 Å². The normalized spacial score (nSPS) is 13.5. The van der Waals surface area contributed by atoms with E-state index in [0.29, 0.717) is 29.3 Å². The lowest BCUT2D eigenvalue weighted by molar-refractivity contribution is 0.0651. The zero-order chi connectivity index (χ0) is 23.2. The van der Waals surface area contributed by atoms with Crippen molar-refractivity contribution >= 4 is 39.1 Å². The van der Waals surface area contributed by atoms with E-state index in [2.05, 4.69) is 10.2 Å². The summed E-state index contributed by atoms with van der Waals surface area (Å²) in [5, 5.41) is 15.3. The second-order valence-electron chi connectivity index (χ2n) is 8.38. The van der Waals surface area contributed by atoms with Crippen LogP contribution in [0.25, 0.3) is 27.5 Å². The highest BCUT2D eigenvalue weighted by Crippen LogP contribution is 2.32. The van der Waals surface area contributed by atoms with E-state index in [9.17, 15) is 9.59 Å². The Labute approximate surface area is 198 Å². The summed E-state index contributed by atoms with van der Waals surface area (Å²) in [6, 6.07) is 14.9. The molecular formula is C25H21N5O3S. The highest BCUT2D eigenvalue weighted by Gasteiger charge is 2.34. The van der Waals surface area contributed by atoms with E-state index in [0.717, 1.165) is 52.2 Å². The largest absolute Gasteiger partial charge is 0.452 e. The number of furan rings is 1. The summed E-state index contributed by atoms with van der Waals surface area (Å²) in [7, 11) is 0. The van der Waals surface area contributed by atoms with Crippen molar-refractivity contribution in [1.82, 2.24) is 24.7 Å². The summed E-state index contributed by atoms with van der Waals surface area (Å²) in [6.45, 7) is 2.46. The fourth-order valence-electron chi connectivity index (χ4n) is 4.45. The molecule has 0 saturated heterocycles. The van der Waals surface area contributed by atoms with Crippen LogP contribution in [-0.2, 0) is 6.42 Å². The van der Waals surface area contributed by atoms with Crippen molar-refractivity contribution < 1.29 is 14.0 Å². The first-order valence-electron chi connectivity index (χ1n) is 11.3. The SMILES string of the molecule is Cc1c(-c2nnc3sc(CCCCCN4C(=O)c5ccccc5C4=O)nn23)oc2ccccc12. The topological polar surface area (TPSA) is 93.6 Å². The van der Waals surface area contributed by atoms with Crippen LogP contribution in [0.5, 0.6) is 0 Å². The third-order valence-corrected chi connectivity index (χ3v) is 7.19. The smallest absolute Gasteiger partial charge is 0.261 e. The van der Waals surface area contributed by atoms with Crippen LogP contribution >= 0.6 is 11.3 Å².